The molecule has 2 N–H and O–H groups in total. The zero-order chi connectivity index (χ0) is 25.1. The predicted molar refractivity (Wildman–Crippen MR) is 142 cm³/mol. The molecular weight excluding hydrogens is 496 g/mol. The van der Waals surface area contributed by atoms with Crippen LogP contribution in [0.25, 0.3) is 21.6 Å². The predicted octanol–water partition coefficient (Wildman–Crippen LogP) is 4.21. The molecule has 0 atom stereocenters. The van der Waals surface area contributed by atoms with E-state index in [4.69, 9.17) is 9.72 Å². The summed E-state index contributed by atoms with van der Waals surface area (Å²) >= 11 is 1.21. The van der Waals surface area contributed by atoms with Crippen molar-refractivity contribution >= 4 is 38.1 Å². The fourth-order valence-corrected chi connectivity index (χ4v) is 6.77. The molecule has 1 fully saturated rings. The monoisotopic (exact) mass is 526 g/mol. The minimum absolute atomic E-state index is 0.133. The van der Waals surface area contributed by atoms with Gasteiger partial charge in [0.05, 0.1) is 27.8 Å². The highest BCUT2D eigenvalue weighted by Gasteiger charge is 2.24. The van der Waals surface area contributed by atoms with Crippen LogP contribution in [0.3, 0.4) is 0 Å². The summed E-state index contributed by atoms with van der Waals surface area (Å²) in [4.78, 5) is 10.0. The van der Waals surface area contributed by atoms with Crippen molar-refractivity contribution in [2.45, 2.75) is 56.5 Å². The summed E-state index contributed by atoms with van der Waals surface area (Å²) in [6.45, 7) is 6.33. The number of hydrogen-bond acceptors (Lipinski definition) is 8. The van der Waals surface area contributed by atoms with Gasteiger partial charge in [-0.2, -0.15) is 5.10 Å². The third-order valence-electron chi connectivity index (χ3n) is 6.38. The molecule has 4 aromatic rings. The number of anilines is 1. The van der Waals surface area contributed by atoms with Gasteiger partial charge < -0.3 is 10.1 Å². The Morgan fingerprint density at radius 2 is 2.00 bits per heavy atom. The number of rotatable bonds is 9. The van der Waals surface area contributed by atoms with Gasteiger partial charge in [-0.1, -0.05) is 13.0 Å². The molecule has 5 heterocycles. The summed E-state index contributed by atoms with van der Waals surface area (Å²) in [7, 11) is -3.73. The van der Waals surface area contributed by atoms with E-state index in [1.807, 2.05) is 42.9 Å². The van der Waals surface area contributed by atoms with E-state index in [9.17, 15) is 8.42 Å². The van der Waals surface area contributed by atoms with E-state index in [1.165, 1.54) is 11.3 Å². The normalized spacial score (nSPS) is 14.9. The van der Waals surface area contributed by atoms with Gasteiger partial charge in [0, 0.05) is 49.8 Å². The first-order chi connectivity index (χ1) is 17.5. The molecule has 190 valence electrons. The van der Waals surface area contributed by atoms with Crippen molar-refractivity contribution in [3.05, 3.63) is 54.0 Å². The van der Waals surface area contributed by atoms with E-state index < -0.39 is 10.0 Å². The van der Waals surface area contributed by atoms with Gasteiger partial charge in [-0.25, -0.2) is 22.8 Å². The number of sulfonamides is 1. The first-order valence-electron chi connectivity index (χ1n) is 12.2. The smallest absolute Gasteiger partial charge is 0.250 e. The summed E-state index contributed by atoms with van der Waals surface area (Å²) in [6.07, 6.45) is 5.98. The molecule has 0 saturated carbocycles. The summed E-state index contributed by atoms with van der Waals surface area (Å²) in [5, 5.41) is 9.12. The van der Waals surface area contributed by atoms with E-state index in [0.717, 1.165) is 51.4 Å². The van der Waals surface area contributed by atoms with Gasteiger partial charge >= 0.3 is 0 Å². The van der Waals surface area contributed by atoms with Crippen molar-refractivity contribution < 1.29 is 13.2 Å². The van der Waals surface area contributed by atoms with Gasteiger partial charge in [-0.3, -0.25) is 4.98 Å². The number of pyridine rings is 2. The van der Waals surface area contributed by atoms with Crippen LogP contribution in [0.4, 0.5) is 5.69 Å². The fraction of sp³-hybridized carbons (Fsp3) is 0.400. The Kier molecular flexibility index (Phi) is 7.33. The number of aromatic nitrogens is 4. The maximum atomic E-state index is 13.3. The second-order valence-corrected chi connectivity index (χ2v) is 11.7. The van der Waals surface area contributed by atoms with E-state index in [2.05, 4.69) is 20.1 Å². The molecule has 1 aliphatic heterocycles. The van der Waals surface area contributed by atoms with Gasteiger partial charge in [0.2, 0.25) is 10.0 Å². The third kappa shape index (κ3) is 5.01. The van der Waals surface area contributed by atoms with E-state index in [1.54, 1.807) is 18.3 Å². The molecule has 0 unspecified atom stereocenters. The molecule has 1 aliphatic rings. The van der Waals surface area contributed by atoms with Crippen molar-refractivity contribution in [2.24, 2.45) is 0 Å². The topological polar surface area (TPSA) is 111 Å². The summed E-state index contributed by atoms with van der Waals surface area (Å²) in [6, 6.07) is 9.26. The minimum atomic E-state index is -3.73. The molecule has 4 aromatic heterocycles. The third-order valence-corrected chi connectivity index (χ3v) is 9.38. The minimum Gasteiger partial charge on any atom is -0.381 e. The van der Waals surface area contributed by atoms with Gasteiger partial charge in [-0.05, 0) is 50.5 Å². The quantitative estimate of drug-likeness (QED) is 0.336. The molecule has 0 aromatic carbocycles. The lowest BCUT2D eigenvalue weighted by atomic mass is 10.0. The van der Waals surface area contributed by atoms with Crippen molar-refractivity contribution in [1.82, 2.24) is 24.5 Å². The van der Waals surface area contributed by atoms with Crippen LogP contribution < -0.4 is 10.0 Å². The highest BCUT2D eigenvalue weighted by Crippen LogP contribution is 2.33. The molecule has 0 bridgehead atoms. The number of fused-ring (bicyclic) bond motifs is 1. The standard InChI is InChI=1S/C25H30N6O3S2/c1-3-20-18(16-28-36(32,33)23-9-8-22(35-23)21-7-5-6-12-26-21)24(29-17-10-13-34-14-11-17)19-15-27-31(4-2)25(19)30-20/h5-9,12,15,17,28H,3-4,10-11,13-14,16H2,1-2H3,(H,29,30). The molecule has 36 heavy (non-hydrogen) atoms. The molecule has 0 amide bonds. The zero-order valence-electron chi connectivity index (χ0n) is 20.4. The van der Waals surface area contributed by atoms with Crippen molar-refractivity contribution in [2.75, 3.05) is 18.5 Å². The summed E-state index contributed by atoms with van der Waals surface area (Å²) < 4.78 is 37.0. The lowest BCUT2D eigenvalue weighted by Crippen LogP contribution is -2.30. The van der Waals surface area contributed by atoms with Crippen LogP contribution >= 0.6 is 11.3 Å². The van der Waals surface area contributed by atoms with Gasteiger partial charge in [0.15, 0.2) is 5.65 Å². The zero-order valence-corrected chi connectivity index (χ0v) is 22.0. The largest absolute Gasteiger partial charge is 0.381 e. The summed E-state index contributed by atoms with van der Waals surface area (Å²) in [5.41, 5.74) is 4.19. The molecule has 1 saturated heterocycles. The van der Waals surface area contributed by atoms with Crippen LogP contribution in [0.5, 0.6) is 0 Å². The average molecular weight is 527 g/mol. The summed E-state index contributed by atoms with van der Waals surface area (Å²) in [5.74, 6) is 0. The van der Waals surface area contributed by atoms with Crippen molar-refractivity contribution in [3.63, 3.8) is 0 Å². The number of hydrogen-bond donors (Lipinski definition) is 2. The van der Waals surface area contributed by atoms with Gasteiger partial charge in [-0.15, -0.1) is 11.3 Å². The Hall–Kier alpha value is -2.86. The van der Waals surface area contributed by atoms with Crippen LogP contribution in [0.15, 0.2) is 46.9 Å². The Balaban J connectivity index is 1.47. The van der Waals surface area contributed by atoms with Crippen LogP contribution in [0, 0.1) is 0 Å². The van der Waals surface area contributed by atoms with Crippen molar-refractivity contribution in [3.8, 4) is 10.6 Å². The molecule has 9 nitrogen and oxygen atoms in total. The van der Waals surface area contributed by atoms with Gasteiger partial charge in [0.1, 0.15) is 4.21 Å². The highest BCUT2D eigenvalue weighted by molar-refractivity contribution is 7.91. The first-order valence-corrected chi connectivity index (χ1v) is 14.5. The Morgan fingerprint density at radius 3 is 2.72 bits per heavy atom. The number of thiophene rings is 1. The highest BCUT2D eigenvalue weighted by atomic mass is 32.2. The average Bonchev–Trinajstić information content (AvgIpc) is 3.57. The number of nitrogens with zero attached hydrogens (tertiary/aromatic N) is 4. The maximum absolute atomic E-state index is 13.3. The lowest BCUT2D eigenvalue weighted by Gasteiger charge is -2.26. The molecule has 5 rings (SSSR count). The maximum Gasteiger partial charge on any atom is 0.250 e. The Morgan fingerprint density at radius 1 is 1.17 bits per heavy atom. The van der Waals surface area contributed by atoms with Crippen LogP contribution in [-0.2, 0) is 34.3 Å². The van der Waals surface area contributed by atoms with E-state index in [0.29, 0.717) is 26.2 Å². The molecule has 0 radical (unpaired) electrons. The van der Waals surface area contributed by atoms with Crippen molar-refractivity contribution in [1.29, 1.82) is 0 Å². The lowest BCUT2D eigenvalue weighted by molar-refractivity contribution is 0.0904. The van der Waals surface area contributed by atoms with E-state index >= 15 is 0 Å². The fourth-order valence-electron chi connectivity index (χ4n) is 4.45. The molecular formula is C25H30N6O3S2. The van der Waals surface area contributed by atoms with Crippen LogP contribution in [0.2, 0.25) is 0 Å². The first kappa shape index (κ1) is 24.8. The number of ether oxygens (including phenoxy) is 1. The molecule has 11 heteroatoms. The Bertz CT molecular complexity index is 1440. The molecule has 0 spiro atoms. The van der Waals surface area contributed by atoms with Crippen LogP contribution in [-0.4, -0.2) is 47.4 Å². The molecule has 0 aliphatic carbocycles. The second kappa shape index (κ2) is 10.6. The van der Waals surface area contributed by atoms with Gasteiger partial charge in [0.25, 0.3) is 0 Å². The second-order valence-electron chi connectivity index (χ2n) is 8.65. The van der Waals surface area contributed by atoms with Crippen LogP contribution in [0.1, 0.15) is 37.9 Å². The Labute approximate surface area is 215 Å². The van der Waals surface area contributed by atoms with E-state index in [-0.39, 0.29) is 16.8 Å². The number of nitrogens with one attached hydrogen (secondary N) is 2. The number of aryl methyl sites for hydroxylation is 2. The SMILES string of the molecule is CCc1nc2c(cnn2CC)c(NC2CCOCC2)c1CNS(=O)(=O)c1ccc(-c2ccccn2)s1.